The van der Waals surface area contributed by atoms with Crippen LogP contribution in [0.3, 0.4) is 0 Å². The summed E-state index contributed by atoms with van der Waals surface area (Å²) in [7, 11) is 0. The summed E-state index contributed by atoms with van der Waals surface area (Å²) < 4.78 is 5.25. The molecular weight excluding hydrogens is 392 g/mol. The predicted molar refractivity (Wildman–Crippen MR) is 117 cm³/mol. The number of hydrogen-bond acceptors (Lipinski definition) is 5. The van der Waals surface area contributed by atoms with Crippen molar-refractivity contribution >= 4 is 45.5 Å². The number of benzene rings is 1. The Labute approximate surface area is 174 Å². The molecule has 1 aliphatic rings. The number of anilines is 1. The van der Waals surface area contributed by atoms with Crippen LogP contribution in [0.5, 0.6) is 0 Å². The Hall–Kier alpha value is -2.25. The second-order valence-corrected chi connectivity index (χ2v) is 8.38. The monoisotopic (exact) mass is 416 g/mol. The number of rotatable bonds is 4. The Morgan fingerprint density at radius 1 is 1.21 bits per heavy atom. The summed E-state index contributed by atoms with van der Waals surface area (Å²) in [5.74, 6) is -0.609. The molecule has 3 rings (SSSR count). The Bertz CT molecular complexity index is 934. The predicted octanol–water partition coefficient (Wildman–Crippen LogP) is 4.55. The number of amides is 1. The zero-order valence-corrected chi connectivity index (χ0v) is 17.9. The van der Waals surface area contributed by atoms with E-state index in [0.29, 0.717) is 22.7 Å². The van der Waals surface area contributed by atoms with Crippen molar-refractivity contribution in [3.8, 4) is 0 Å². The smallest absolute Gasteiger partial charge is 0.341 e. The van der Waals surface area contributed by atoms with Crippen molar-refractivity contribution in [1.29, 1.82) is 0 Å². The van der Waals surface area contributed by atoms with Crippen LogP contribution in [0.2, 0.25) is 0 Å². The molecule has 0 saturated heterocycles. The van der Waals surface area contributed by atoms with Gasteiger partial charge >= 0.3 is 5.97 Å². The molecule has 5 nitrogen and oxygen atoms in total. The first-order chi connectivity index (χ1) is 13.4. The summed E-state index contributed by atoms with van der Waals surface area (Å²) >= 11 is 6.87. The molecule has 0 aliphatic heterocycles. The molecule has 1 aromatic heterocycles. The highest BCUT2D eigenvalue weighted by molar-refractivity contribution is 7.80. The first-order valence-electron chi connectivity index (χ1n) is 9.42. The van der Waals surface area contributed by atoms with Crippen LogP contribution in [0, 0.1) is 13.8 Å². The fraction of sp³-hybridized carbons (Fsp3) is 0.381. The van der Waals surface area contributed by atoms with E-state index in [1.165, 1.54) is 16.2 Å². The van der Waals surface area contributed by atoms with Crippen molar-refractivity contribution in [2.24, 2.45) is 0 Å². The van der Waals surface area contributed by atoms with Gasteiger partial charge in [-0.3, -0.25) is 10.1 Å². The van der Waals surface area contributed by atoms with Crippen molar-refractivity contribution in [1.82, 2.24) is 5.32 Å². The molecule has 0 fully saturated rings. The van der Waals surface area contributed by atoms with Gasteiger partial charge in [0.2, 0.25) is 0 Å². The molecule has 1 aliphatic carbocycles. The summed E-state index contributed by atoms with van der Waals surface area (Å²) in [5, 5.41) is 6.60. The molecule has 1 aromatic carbocycles. The lowest BCUT2D eigenvalue weighted by molar-refractivity contribution is 0.0526. The molecule has 7 heteroatoms. The lowest BCUT2D eigenvalue weighted by Gasteiger charge is -2.13. The molecule has 0 unspecified atom stereocenters. The number of thiophene rings is 1. The van der Waals surface area contributed by atoms with Gasteiger partial charge in [0, 0.05) is 10.4 Å². The van der Waals surface area contributed by atoms with Crippen molar-refractivity contribution in [3.05, 3.63) is 50.9 Å². The molecule has 2 aromatic rings. The third kappa shape index (κ3) is 4.42. The van der Waals surface area contributed by atoms with Gasteiger partial charge in [0.1, 0.15) is 5.00 Å². The van der Waals surface area contributed by atoms with E-state index < -0.39 is 0 Å². The van der Waals surface area contributed by atoms with Crippen LogP contribution < -0.4 is 10.6 Å². The summed E-state index contributed by atoms with van der Waals surface area (Å²) in [6.45, 7) is 5.98. The fourth-order valence-electron chi connectivity index (χ4n) is 3.45. The van der Waals surface area contributed by atoms with E-state index in [4.69, 9.17) is 17.0 Å². The largest absolute Gasteiger partial charge is 0.462 e. The minimum atomic E-state index is -0.340. The Morgan fingerprint density at radius 2 is 1.96 bits per heavy atom. The zero-order chi connectivity index (χ0) is 20.3. The van der Waals surface area contributed by atoms with Crippen LogP contribution >= 0.6 is 23.6 Å². The molecule has 1 heterocycles. The Morgan fingerprint density at radius 3 is 2.68 bits per heavy atom. The maximum absolute atomic E-state index is 12.6. The molecule has 0 spiro atoms. The van der Waals surface area contributed by atoms with Gasteiger partial charge in [-0.1, -0.05) is 17.7 Å². The van der Waals surface area contributed by atoms with Gasteiger partial charge in [0.05, 0.1) is 12.2 Å². The molecule has 0 atom stereocenters. The van der Waals surface area contributed by atoms with Gasteiger partial charge in [0.15, 0.2) is 5.11 Å². The number of carbonyl (C=O) groups excluding carboxylic acids is 2. The van der Waals surface area contributed by atoms with Crippen LogP contribution in [0.25, 0.3) is 0 Å². The molecule has 0 bridgehead atoms. The SMILES string of the molecule is CCOC(=O)c1c(NC(=S)NC(=O)c2ccc(C)cc2C)sc2c1CCCC2. The Kier molecular flexibility index (Phi) is 6.46. The normalized spacial score (nSPS) is 12.8. The molecule has 0 saturated carbocycles. The van der Waals surface area contributed by atoms with Crippen LogP contribution in [0.15, 0.2) is 18.2 Å². The Balaban J connectivity index is 1.79. The minimum Gasteiger partial charge on any atom is -0.462 e. The molecule has 2 N–H and O–H groups in total. The van der Waals surface area contributed by atoms with Crippen molar-refractivity contribution in [2.45, 2.75) is 46.5 Å². The van der Waals surface area contributed by atoms with E-state index in [1.807, 2.05) is 26.0 Å². The molecule has 28 heavy (non-hydrogen) atoms. The van der Waals surface area contributed by atoms with Gasteiger partial charge in [0.25, 0.3) is 5.91 Å². The second-order valence-electron chi connectivity index (χ2n) is 6.86. The van der Waals surface area contributed by atoms with Gasteiger partial charge in [-0.15, -0.1) is 11.3 Å². The molecular formula is C21H24N2O3S2. The lowest BCUT2D eigenvalue weighted by atomic mass is 9.95. The van der Waals surface area contributed by atoms with Crippen LogP contribution in [0.4, 0.5) is 5.00 Å². The number of hydrogen-bond donors (Lipinski definition) is 2. The number of carbonyl (C=O) groups is 2. The third-order valence-corrected chi connectivity index (χ3v) is 6.14. The highest BCUT2D eigenvalue weighted by Gasteiger charge is 2.27. The maximum atomic E-state index is 12.6. The van der Waals surface area contributed by atoms with Gasteiger partial charge in [-0.05, 0) is 75.9 Å². The molecule has 1 amide bonds. The summed E-state index contributed by atoms with van der Waals surface area (Å²) in [6.07, 6.45) is 3.99. The van der Waals surface area contributed by atoms with E-state index in [2.05, 4.69) is 10.6 Å². The molecule has 0 radical (unpaired) electrons. The average molecular weight is 417 g/mol. The average Bonchev–Trinajstić information content (AvgIpc) is 2.99. The number of thiocarbonyl (C=S) groups is 1. The lowest BCUT2D eigenvalue weighted by Crippen LogP contribution is -2.34. The minimum absolute atomic E-state index is 0.175. The topological polar surface area (TPSA) is 67.4 Å². The highest BCUT2D eigenvalue weighted by Crippen LogP contribution is 2.38. The van der Waals surface area contributed by atoms with Crippen LogP contribution in [0.1, 0.15) is 62.0 Å². The van der Waals surface area contributed by atoms with Crippen molar-refractivity contribution in [2.75, 3.05) is 11.9 Å². The van der Waals surface area contributed by atoms with E-state index in [1.54, 1.807) is 13.0 Å². The van der Waals surface area contributed by atoms with Crippen molar-refractivity contribution in [3.63, 3.8) is 0 Å². The third-order valence-electron chi connectivity index (χ3n) is 4.73. The maximum Gasteiger partial charge on any atom is 0.341 e. The number of nitrogens with one attached hydrogen (secondary N) is 2. The van der Waals surface area contributed by atoms with Gasteiger partial charge < -0.3 is 10.1 Å². The number of aryl methyl sites for hydroxylation is 3. The van der Waals surface area contributed by atoms with Crippen LogP contribution in [-0.2, 0) is 17.6 Å². The van der Waals surface area contributed by atoms with E-state index in [9.17, 15) is 9.59 Å². The highest BCUT2D eigenvalue weighted by atomic mass is 32.1. The second kappa shape index (κ2) is 8.84. The fourth-order valence-corrected chi connectivity index (χ4v) is 4.99. The van der Waals surface area contributed by atoms with Crippen LogP contribution in [-0.4, -0.2) is 23.6 Å². The number of ether oxygens (including phenoxy) is 1. The molecule has 148 valence electrons. The first kappa shape index (κ1) is 20.5. The van der Waals surface area contributed by atoms with Crippen molar-refractivity contribution < 1.29 is 14.3 Å². The summed E-state index contributed by atoms with van der Waals surface area (Å²) in [6, 6.07) is 5.64. The zero-order valence-electron chi connectivity index (χ0n) is 16.3. The van der Waals surface area contributed by atoms with E-state index in [-0.39, 0.29) is 17.0 Å². The van der Waals surface area contributed by atoms with E-state index >= 15 is 0 Å². The first-order valence-corrected chi connectivity index (χ1v) is 10.6. The summed E-state index contributed by atoms with van der Waals surface area (Å²) in [4.78, 5) is 26.3. The standard InChI is InChI=1S/C21H24N2O3S2/c1-4-26-20(25)17-15-7-5-6-8-16(15)28-19(17)23-21(27)22-18(24)14-10-9-12(2)11-13(14)3/h9-11H,4-8H2,1-3H3,(H2,22,23,24,27). The number of esters is 1. The van der Waals surface area contributed by atoms with Gasteiger partial charge in [-0.25, -0.2) is 4.79 Å². The van der Waals surface area contributed by atoms with Gasteiger partial charge in [-0.2, -0.15) is 0 Å². The quantitative estimate of drug-likeness (QED) is 0.565. The summed E-state index contributed by atoms with van der Waals surface area (Å²) in [5.41, 5.74) is 4.17. The number of fused-ring (bicyclic) bond motifs is 1. The van der Waals surface area contributed by atoms with E-state index in [0.717, 1.165) is 42.4 Å².